The number of aryl methyl sites for hydroxylation is 1. The van der Waals surface area contributed by atoms with E-state index >= 15 is 0 Å². The first kappa shape index (κ1) is 17.9. The Kier molecular flexibility index (Phi) is 4.62. The van der Waals surface area contributed by atoms with E-state index in [2.05, 4.69) is 15.5 Å². The SMILES string of the molecule is Cn1nnnc1SCC1=C(C(=O)OC(C)(C)C)N2C(=O)C(=O)[C@H]2SC1. The van der Waals surface area contributed by atoms with Crippen molar-refractivity contribution in [3.63, 3.8) is 0 Å². The highest BCUT2D eigenvalue weighted by atomic mass is 32.2. The van der Waals surface area contributed by atoms with E-state index in [0.717, 1.165) is 5.57 Å². The topological polar surface area (TPSA) is 107 Å². The number of ether oxygens (including phenoxy) is 1. The fraction of sp³-hybridized carbons (Fsp3) is 0.571. The molecule has 0 aromatic carbocycles. The summed E-state index contributed by atoms with van der Waals surface area (Å²) >= 11 is 2.69. The first-order chi connectivity index (χ1) is 11.7. The van der Waals surface area contributed by atoms with Crippen LogP contribution in [0.5, 0.6) is 0 Å². The number of Topliss-reactive ketones (excluding diaryl/α,β-unsaturated/α-hetero) is 1. The number of rotatable bonds is 4. The van der Waals surface area contributed by atoms with E-state index in [0.29, 0.717) is 16.7 Å². The highest BCUT2D eigenvalue weighted by Crippen LogP contribution is 2.40. The van der Waals surface area contributed by atoms with E-state index in [1.807, 2.05) is 0 Å². The van der Waals surface area contributed by atoms with E-state index in [1.54, 1.807) is 27.8 Å². The molecule has 2 aliphatic heterocycles. The van der Waals surface area contributed by atoms with E-state index < -0.39 is 28.6 Å². The molecule has 1 aromatic rings. The Morgan fingerprint density at radius 2 is 2.12 bits per heavy atom. The Morgan fingerprint density at radius 1 is 1.40 bits per heavy atom. The van der Waals surface area contributed by atoms with Crippen molar-refractivity contribution in [3.05, 3.63) is 11.3 Å². The molecule has 1 amide bonds. The summed E-state index contributed by atoms with van der Waals surface area (Å²) in [4.78, 5) is 37.6. The average Bonchev–Trinajstić information content (AvgIpc) is 2.94. The maximum absolute atomic E-state index is 12.6. The minimum atomic E-state index is -0.701. The number of fused-ring (bicyclic) bond motifs is 1. The monoisotopic (exact) mass is 383 g/mol. The van der Waals surface area contributed by atoms with Crippen molar-refractivity contribution in [1.29, 1.82) is 0 Å². The Bertz CT molecular complexity index is 782. The zero-order valence-electron chi connectivity index (χ0n) is 14.2. The van der Waals surface area contributed by atoms with Gasteiger partial charge in [-0.1, -0.05) is 11.8 Å². The van der Waals surface area contributed by atoms with Gasteiger partial charge in [-0.25, -0.2) is 9.48 Å². The van der Waals surface area contributed by atoms with Gasteiger partial charge in [-0.3, -0.25) is 14.5 Å². The Morgan fingerprint density at radius 3 is 2.72 bits per heavy atom. The summed E-state index contributed by atoms with van der Waals surface area (Å²) in [5.74, 6) is -0.852. The number of hydrogen-bond acceptors (Lipinski definition) is 9. The molecule has 1 fully saturated rings. The lowest BCUT2D eigenvalue weighted by Gasteiger charge is -2.43. The van der Waals surface area contributed by atoms with Gasteiger partial charge in [0.05, 0.1) is 0 Å². The van der Waals surface area contributed by atoms with Crippen LogP contribution in [0.1, 0.15) is 20.8 Å². The molecule has 9 nitrogen and oxygen atoms in total. The number of aromatic nitrogens is 4. The van der Waals surface area contributed by atoms with Gasteiger partial charge in [0.2, 0.25) is 5.16 Å². The van der Waals surface area contributed by atoms with Crippen LogP contribution in [0.2, 0.25) is 0 Å². The summed E-state index contributed by atoms with van der Waals surface area (Å²) in [5, 5.41) is 11.2. The third-order valence-corrected chi connectivity index (χ3v) is 5.78. The zero-order chi connectivity index (χ0) is 18.4. The van der Waals surface area contributed by atoms with Gasteiger partial charge in [0.15, 0.2) is 5.37 Å². The van der Waals surface area contributed by atoms with Crippen LogP contribution >= 0.6 is 23.5 Å². The molecule has 0 N–H and O–H groups in total. The van der Waals surface area contributed by atoms with Gasteiger partial charge in [-0.05, 0) is 36.8 Å². The molecule has 1 atom stereocenters. The van der Waals surface area contributed by atoms with E-state index in [4.69, 9.17) is 4.74 Å². The maximum atomic E-state index is 12.6. The maximum Gasteiger partial charge on any atom is 0.355 e. The van der Waals surface area contributed by atoms with Crippen molar-refractivity contribution in [1.82, 2.24) is 25.1 Å². The van der Waals surface area contributed by atoms with Crippen LogP contribution in [0.4, 0.5) is 0 Å². The van der Waals surface area contributed by atoms with Crippen molar-refractivity contribution in [3.8, 4) is 0 Å². The van der Waals surface area contributed by atoms with Gasteiger partial charge in [-0.2, -0.15) is 0 Å². The van der Waals surface area contributed by atoms with Gasteiger partial charge >= 0.3 is 5.97 Å². The number of carbonyl (C=O) groups is 3. The molecule has 0 spiro atoms. The first-order valence-electron chi connectivity index (χ1n) is 7.48. The summed E-state index contributed by atoms with van der Waals surface area (Å²) in [6.45, 7) is 5.26. The number of carbonyl (C=O) groups excluding carboxylic acids is 3. The van der Waals surface area contributed by atoms with Crippen LogP contribution < -0.4 is 0 Å². The van der Waals surface area contributed by atoms with Crippen LogP contribution in [0, 0.1) is 0 Å². The molecule has 0 unspecified atom stereocenters. The van der Waals surface area contributed by atoms with Crippen molar-refractivity contribution < 1.29 is 19.1 Å². The van der Waals surface area contributed by atoms with Gasteiger partial charge in [0.1, 0.15) is 11.3 Å². The average molecular weight is 383 g/mol. The third-order valence-electron chi connectivity index (χ3n) is 3.43. The second-order valence-corrected chi connectivity index (χ2v) is 8.54. The third kappa shape index (κ3) is 3.43. The van der Waals surface area contributed by atoms with Crippen molar-refractivity contribution >= 4 is 41.2 Å². The molecule has 0 radical (unpaired) electrons. The smallest absolute Gasteiger partial charge is 0.355 e. The minimum Gasteiger partial charge on any atom is -0.455 e. The van der Waals surface area contributed by atoms with Gasteiger partial charge in [0.25, 0.3) is 11.7 Å². The highest BCUT2D eigenvalue weighted by Gasteiger charge is 2.53. The lowest BCUT2D eigenvalue weighted by Crippen LogP contribution is -2.62. The fourth-order valence-corrected chi connectivity index (χ4v) is 4.53. The van der Waals surface area contributed by atoms with E-state index in [1.165, 1.54) is 33.1 Å². The number of β-lactam (4-membered cyclic amide) rings is 1. The van der Waals surface area contributed by atoms with Crippen LogP contribution in [-0.2, 0) is 26.2 Å². The van der Waals surface area contributed by atoms with Crippen molar-refractivity contribution in [2.24, 2.45) is 7.05 Å². The van der Waals surface area contributed by atoms with Gasteiger partial charge in [-0.15, -0.1) is 16.9 Å². The Labute approximate surface area is 152 Å². The van der Waals surface area contributed by atoms with E-state index in [9.17, 15) is 14.4 Å². The fourth-order valence-electron chi connectivity index (χ4n) is 2.34. The van der Waals surface area contributed by atoms with Crippen LogP contribution in [-0.4, -0.2) is 65.2 Å². The van der Waals surface area contributed by atoms with Crippen LogP contribution in [0.15, 0.2) is 16.4 Å². The lowest BCUT2D eigenvalue weighted by molar-refractivity contribution is -0.161. The lowest BCUT2D eigenvalue weighted by atomic mass is 10.1. The van der Waals surface area contributed by atoms with E-state index in [-0.39, 0.29) is 5.70 Å². The normalized spacial score (nSPS) is 20.5. The first-order valence-corrected chi connectivity index (χ1v) is 9.52. The highest BCUT2D eigenvalue weighted by molar-refractivity contribution is 8.01. The molecule has 0 saturated carbocycles. The minimum absolute atomic E-state index is 0.172. The quantitative estimate of drug-likeness (QED) is 0.316. The predicted molar refractivity (Wildman–Crippen MR) is 90.5 cm³/mol. The second kappa shape index (κ2) is 6.45. The molecule has 25 heavy (non-hydrogen) atoms. The molecule has 2 aliphatic rings. The van der Waals surface area contributed by atoms with Crippen molar-refractivity contribution in [2.75, 3.05) is 11.5 Å². The van der Waals surface area contributed by atoms with Gasteiger partial charge in [0, 0.05) is 18.6 Å². The number of nitrogens with zero attached hydrogens (tertiary/aromatic N) is 5. The number of hydrogen-bond donors (Lipinski definition) is 0. The number of amides is 1. The summed E-state index contributed by atoms with van der Waals surface area (Å²) in [7, 11) is 1.72. The summed E-state index contributed by atoms with van der Waals surface area (Å²) in [6.07, 6.45) is 0. The summed E-state index contributed by atoms with van der Waals surface area (Å²) in [6, 6.07) is 0. The molecule has 134 valence electrons. The van der Waals surface area contributed by atoms with Crippen molar-refractivity contribution in [2.45, 2.75) is 36.9 Å². The number of thioether (sulfide) groups is 2. The second-order valence-electron chi connectivity index (χ2n) is 6.53. The molecule has 1 aromatic heterocycles. The largest absolute Gasteiger partial charge is 0.455 e. The standard InChI is InChI=1S/C14H17N5O4S2/c1-14(2,3)23-12(22)8-7(6-25-13-15-16-17-18(13)4)5-24-11-9(20)10(21)19(8)11/h11H,5-6H2,1-4H3/t11-/m1/s1. The molecule has 3 heterocycles. The van der Waals surface area contributed by atoms with Gasteiger partial charge < -0.3 is 4.74 Å². The Hall–Kier alpha value is -1.88. The number of esters is 1. The summed E-state index contributed by atoms with van der Waals surface area (Å²) in [5.41, 5.74) is 0.198. The predicted octanol–water partition coefficient (Wildman–Crippen LogP) is 0.382. The number of tetrazole rings is 1. The zero-order valence-corrected chi connectivity index (χ0v) is 15.8. The number of ketones is 1. The molecule has 0 aliphatic carbocycles. The molecule has 11 heteroatoms. The summed E-state index contributed by atoms with van der Waals surface area (Å²) < 4.78 is 6.96. The van der Waals surface area contributed by atoms with Crippen LogP contribution in [0.25, 0.3) is 0 Å². The Balaban J connectivity index is 1.88. The molecule has 1 saturated heterocycles. The molecule has 3 rings (SSSR count). The molecular weight excluding hydrogens is 366 g/mol. The van der Waals surface area contributed by atoms with Crippen LogP contribution in [0.3, 0.4) is 0 Å². The molecular formula is C14H17N5O4S2. The molecule has 0 bridgehead atoms.